The molecule has 6 heteroatoms. The van der Waals surface area contributed by atoms with Crippen molar-refractivity contribution < 1.29 is 4.39 Å². The number of rotatable bonds is 3. The Balaban J connectivity index is 2.12. The van der Waals surface area contributed by atoms with Gasteiger partial charge in [-0.15, -0.1) is 0 Å². The van der Waals surface area contributed by atoms with Crippen LogP contribution in [0.2, 0.25) is 0 Å². The number of hydrogen-bond acceptors (Lipinski definition) is 4. The Bertz CT molecular complexity index is 779. The number of hydrogen-bond donors (Lipinski definition) is 0. The van der Waals surface area contributed by atoms with E-state index in [4.69, 9.17) is 0 Å². The van der Waals surface area contributed by atoms with Gasteiger partial charge in [0, 0.05) is 7.05 Å². The lowest BCUT2D eigenvalue weighted by molar-refractivity contribution is 0.621. The predicted molar refractivity (Wildman–Crippen MR) is 78.2 cm³/mol. The summed E-state index contributed by atoms with van der Waals surface area (Å²) in [7, 11) is 1.85. The molecule has 0 aliphatic heterocycles. The Morgan fingerprint density at radius 3 is 2.67 bits per heavy atom. The molecule has 3 heterocycles. The van der Waals surface area contributed by atoms with Crippen molar-refractivity contribution in [1.29, 1.82) is 0 Å². The molecule has 1 atom stereocenters. The Kier molecular flexibility index (Phi) is 3.37. The minimum Gasteiger partial charge on any atom is -0.309 e. The standard InChI is InChI=1S/C15H16FN5/c1-4-9(2)12-8-18-15-13(19-12)20-14(21(15)3)11-6-5-10(16)7-17-11/h5-9H,4H2,1-3H3. The van der Waals surface area contributed by atoms with Gasteiger partial charge < -0.3 is 4.57 Å². The molecule has 5 nitrogen and oxygen atoms in total. The van der Waals surface area contributed by atoms with Crippen molar-refractivity contribution >= 4 is 11.3 Å². The van der Waals surface area contributed by atoms with Crippen molar-refractivity contribution in [3.63, 3.8) is 0 Å². The third-order valence-corrected chi connectivity index (χ3v) is 3.68. The van der Waals surface area contributed by atoms with E-state index in [0.717, 1.165) is 12.1 Å². The van der Waals surface area contributed by atoms with Gasteiger partial charge in [0.1, 0.15) is 11.5 Å². The van der Waals surface area contributed by atoms with Crippen molar-refractivity contribution in [1.82, 2.24) is 24.5 Å². The van der Waals surface area contributed by atoms with Gasteiger partial charge in [0.05, 0.1) is 18.1 Å². The van der Waals surface area contributed by atoms with Gasteiger partial charge in [-0.25, -0.2) is 24.3 Å². The molecule has 0 aliphatic rings. The van der Waals surface area contributed by atoms with E-state index in [0.29, 0.717) is 28.7 Å². The van der Waals surface area contributed by atoms with Crippen LogP contribution in [0.1, 0.15) is 31.9 Å². The molecule has 3 aromatic heterocycles. The minimum absolute atomic E-state index is 0.344. The molecule has 0 amide bonds. The van der Waals surface area contributed by atoms with Gasteiger partial charge in [0.2, 0.25) is 0 Å². The van der Waals surface area contributed by atoms with Crippen LogP contribution >= 0.6 is 0 Å². The summed E-state index contributed by atoms with van der Waals surface area (Å²) in [6, 6.07) is 2.97. The maximum absolute atomic E-state index is 13.0. The smallest absolute Gasteiger partial charge is 0.198 e. The first-order valence-electron chi connectivity index (χ1n) is 6.91. The molecule has 3 aromatic rings. The van der Waals surface area contributed by atoms with E-state index in [9.17, 15) is 4.39 Å². The number of nitrogens with zero attached hydrogens (tertiary/aromatic N) is 5. The van der Waals surface area contributed by atoms with E-state index >= 15 is 0 Å². The highest BCUT2D eigenvalue weighted by Crippen LogP contribution is 2.22. The van der Waals surface area contributed by atoms with Crippen LogP contribution in [0, 0.1) is 5.82 Å². The van der Waals surface area contributed by atoms with Crippen molar-refractivity contribution in [3.8, 4) is 11.5 Å². The zero-order valence-electron chi connectivity index (χ0n) is 12.2. The molecule has 0 saturated carbocycles. The van der Waals surface area contributed by atoms with Crippen molar-refractivity contribution in [2.75, 3.05) is 0 Å². The fourth-order valence-electron chi connectivity index (χ4n) is 2.16. The van der Waals surface area contributed by atoms with Crippen LogP contribution in [0.5, 0.6) is 0 Å². The van der Waals surface area contributed by atoms with Gasteiger partial charge in [-0.05, 0) is 24.5 Å². The molecule has 0 aromatic carbocycles. The van der Waals surface area contributed by atoms with Gasteiger partial charge in [-0.3, -0.25) is 0 Å². The van der Waals surface area contributed by atoms with Crippen LogP contribution in [-0.4, -0.2) is 24.5 Å². The Hall–Kier alpha value is -2.37. The highest BCUT2D eigenvalue weighted by atomic mass is 19.1. The van der Waals surface area contributed by atoms with E-state index < -0.39 is 0 Å². The molecule has 0 saturated heterocycles. The molecule has 3 rings (SSSR count). The van der Waals surface area contributed by atoms with E-state index in [1.807, 2.05) is 11.6 Å². The quantitative estimate of drug-likeness (QED) is 0.742. The fraction of sp³-hybridized carbons (Fsp3) is 0.333. The van der Waals surface area contributed by atoms with E-state index in [1.54, 1.807) is 12.3 Å². The van der Waals surface area contributed by atoms with Crippen LogP contribution in [0.25, 0.3) is 22.8 Å². The Morgan fingerprint density at radius 2 is 2.00 bits per heavy atom. The van der Waals surface area contributed by atoms with Crippen LogP contribution in [0.3, 0.4) is 0 Å². The van der Waals surface area contributed by atoms with Crippen LogP contribution in [0.15, 0.2) is 24.5 Å². The topological polar surface area (TPSA) is 56.5 Å². The fourth-order valence-corrected chi connectivity index (χ4v) is 2.16. The second-order valence-corrected chi connectivity index (χ2v) is 5.11. The van der Waals surface area contributed by atoms with Crippen LogP contribution in [0.4, 0.5) is 4.39 Å². The highest BCUT2D eigenvalue weighted by molar-refractivity contribution is 5.72. The van der Waals surface area contributed by atoms with E-state index in [2.05, 4.69) is 33.8 Å². The lowest BCUT2D eigenvalue weighted by atomic mass is 10.1. The Morgan fingerprint density at radius 1 is 1.19 bits per heavy atom. The second-order valence-electron chi connectivity index (χ2n) is 5.11. The van der Waals surface area contributed by atoms with Crippen LogP contribution < -0.4 is 0 Å². The summed E-state index contributed by atoms with van der Waals surface area (Å²) in [6.45, 7) is 4.23. The largest absolute Gasteiger partial charge is 0.309 e. The average Bonchev–Trinajstić information content (AvgIpc) is 2.84. The molecule has 0 radical (unpaired) electrons. The summed E-state index contributed by atoms with van der Waals surface area (Å²) < 4.78 is 14.8. The summed E-state index contributed by atoms with van der Waals surface area (Å²) in [6.07, 6.45) is 3.97. The Labute approximate surface area is 121 Å². The molecular formula is C15H16FN5. The summed E-state index contributed by atoms with van der Waals surface area (Å²) in [5, 5.41) is 0. The van der Waals surface area contributed by atoms with E-state index in [-0.39, 0.29) is 5.82 Å². The molecular weight excluding hydrogens is 269 g/mol. The van der Waals surface area contributed by atoms with Gasteiger partial charge >= 0.3 is 0 Å². The molecule has 1 unspecified atom stereocenters. The third-order valence-electron chi connectivity index (χ3n) is 3.68. The number of aryl methyl sites for hydroxylation is 1. The van der Waals surface area contributed by atoms with Gasteiger partial charge in [0.15, 0.2) is 17.1 Å². The van der Waals surface area contributed by atoms with Crippen molar-refractivity contribution in [2.24, 2.45) is 7.05 Å². The second kappa shape index (κ2) is 5.20. The molecule has 21 heavy (non-hydrogen) atoms. The lowest BCUT2D eigenvalue weighted by Crippen LogP contribution is -1.99. The zero-order valence-corrected chi connectivity index (χ0v) is 12.2. The van der Waals surface area contributed by atoms with E-state index in [1.165, 1.54) is 12.3 Å². The summed E-state index contributed by atoms with van der Waals surface area (Å²) in [5.41, 5.74) is 2.82. The molecule has 0 aliphatic carbocycles. The lowest BCUT2D eigenvalue weighted by Gasteiger charge is -2.06. The average molecular weight is 285 g/mol. The monoisotopic (exact) mass is 285 g/mol. The van der Waals surface area contributed by atoms with Gasteiger partial charge in [0.25, 0.3) is 0 Å². The molecule has 0 bridgehead atoms. The first-order chi connectivity index (χ1) is 10.1. The molecule has 0 spiro atoms. The molecule has 0 N–H and O–H groups in total. The summed E-state index contributed by atoms with van der Waals surface area (Å²) in [5.74, 6) is 0.607. The van der Waals surface area contributed by atoms with Gasteiger partial charge in [-0.1, -0.05) is 13.8 Å². The maximum atomic E-state index is 13.0. The number of pyridine rings is 1. The number of halogens is 1. The first kappa shape index (κ1) is 13.6. The summed E-state index contributed by atoms with van der Waals surface area (Å²) >= 11 is 0. The zero-order chi connectivity index (χ0) is 15.0. The maximum Gasteiger partial charge on any atom is 0.198 e. The number of imidazole rings is 1. The third kappa shape index (κ3) is 2.37. The van der Waals surface area contributed by atoms with Gasteiger partial charge in [-0.2, -0.15) is 0 Å². The number of aromatic nitrogens is 5. The minimum atomic E-state index is -0.368. The number of fused-ring (bicyclic) bond motifs is 1. The predicted octanol–water partition coefficient (Wildman–Crippen LogP) is 3.08. The van der Waals surface area contributed by atoms with Crippen molar-refractivity contribution in [3.05, 3.63) is 36.0 Å². The van der Waals surface area contributed by atoms with Crippen molar-refractivity contribution in [2.45, 2.75) is 26.2 Å². The van der Waals surface area contributed by atoms with Crippen LogP contribution in [-0.2, 0) is 7.05 Å². The highest BCUT2D eigenvalue weighted by Gasteiger charge is 2.15. The molecule has 0 fully saturated rings. The summed E-state index contributed by atoms with van der Waals surface area (Å²) in [4.78, 5) is 17.6. The SMILES string of the molecule is CCC(C)c1cnc2c(n1)nc(-c1ccc(F)cn1)n2C. The normalized spacial score (nSPS) is 12.8. The molecule has 108 valence electrons. The first-order valence-corrected chi connectivity index (χ1v) is 6.91.